The molecule has 2 aromatic rings. The van der Waals surface area contributed by atoms with Gasteiger partial charge in [-0.25, -0.2) is 0 Å². The van der Waals surface area contributed by atoms with Crippen LogP contribution in [-0.4, -0.2) is 42.3 Å². The van der Waals surface area contributed by atoms with E-state index in [2.05, 4.69) is 5.16 Å². The van der Waals surface area contributed by atoms with Gasteiger partial charge in [-0.05, 0) is 51.0 Å². The van der Waals surface area contributed by atoms with Gasteiger partial charge in [0.25, 0.3) is 5.91 Å². The van der Waals surface area contributed by atoms with Crippen molar-refractivity contribution in [3.05, 3.63) is 45.8 Å². The van der Waals surface area contributed by atoms with Gasteiger partial charge >= 0.3 is 0 Å². The lowest BCUT2D eigenvalue weighted by Gasteiger charge is -2.25. The Morgan fingerprint density at radius 1 is 1.27 bits per heavy atom. The zero-order chi connectivity index (χ0) is 19.3. The third-order valence-corrected chi connectivity index (χ3v) is 4.59. The van der Waals surface area contributed by atoms with Crippen LogP contribution in [0.3, 0.4) is 0 Å². The number of halogens is 1. The SMILES string of the molecule is COCCN(C(=O)c1cc(COc2cc(C)c(Cl)c(C)c2)on1)C(C)C. The molecule has 1 amide bonds. The van der Waals surface area contributed by atoms with E-state index >= 15 is 0 Å². The summed E-state index contributed by atoms with van der Waals surface area (Å²) in [6.07, 6.45) is 0. The van der Waals surface area contributed by atoms with Gasteiger partial charge in [0, 0.05) is 30.8 Å². The molecule has 142 valence electrons. The van der Waals surface area contributed by atoms with Crippen LogP contribution in [0.25, 0.3) is 0 Å². The molecule has 0 aliphatic rings. The van der Waals surface area contributed by atoms with Crippen LogP contribution in [0.15, 0.2) is 22.7 Å². The number of aromatic nitrogens is 1. The Hall–Kier alpha value is -2.05. The number of hydrogen-bond donors (Lipinski definition) is 0. The lowest BCUT2D eigenvalue weighted by atomic mass is 10.1. The second-order valence-corrected chi connectivity index (χ2v) is 6.80. The Morgan fingerprint density at radius 3 is 2.50 bits per heavy atom. The maximum Gasteiger partial charge on any atom is 0.276 e. The minimum atomic E-state index is -0.190. The quantitative estimate of drug-likeness (QED) is 0.692. The molecule has 0 aliphatic carbocycles. The first-order chi connectivity index (χ1) is 12.3. The van der Waals surface area contributed by atoms with Crippen LogP contribution in [0.5, 0.6) is 5.75 Å². The first-order valence-electron chi connectivity index (χ1n) is 8.48. The highest BCUT2D eigenvalue weighted by atomic mass is 35.5. The first kappa shape index (κ1) is 20.3. The van der Waals surface area contributed by atoms with Crippen molar-refractivity contribution in [3.63, 3.8) is 0 Å². The van der Waals surface area contributed by atoms with Gasteiger partial charge in [-0.3, -0.25) is 4.79 Å². The van der Waals surface area contributed by atoms with Gasteiger partial charge in [0.15, 0.2) is 11.5 Å². The number of carbonyl (C=O) groups is 1. The van der Waals surface area contributed by atoms with Crippen LogP contribution in [-0.2, 0) is 11.3 Å². The normalized spacial score (nSPS) is 11.0. The second-order valence-electron chi connectivity index (χ2n) is 6.42. The van der Waals surface area contributed by atoms with Gasteiger partial charge in [0.1, 0.15) is 12.4 Å². The van der Waals surface area contributed by atoms with Crippen molar-refractivity contribution >= 4 is 17.5 Å². The van der Waals surface area contributed by atoms with Crippen molar-refractivity contribution in [1.29, 1.82) is 0 Å². The van der Waals surface area contributed by atoms with E-state index in [1.54, 1.807) is 18.1 Å². The van der Waals surface area contributed by atoms with Crippen molar-refractivity contribution in [2.75, 3.05) is 20.3 Å². The summed E-state index contributed by atoms with van der Waals surface area (Å²) in [5, 5.41) is 4.61. The Morgan fingerprint density at radius 2 is 1.92 bits per heavy atom. The zero-order valence-electron chi connectivity index (χ0n) is 15.8. The molecule has 0 bridgehead atoms. The molecule has 0 aliphatic heterocycles. The minimum Gasteiger partial charge on any atom is -0.486 e. The van der Waals surface area contributed by atoms with E-state index in [-0.39, 0.29) is 24.2 Å². The number of ether oxygens (including phenoxy) is 2. The fourth-order valence-corrected chi connectivity index (χ4v) is 2.67. The summed E-state index contributed by atoms with van der Waals surface area (Å²) < 4.78 is 16.0. The van der Waals surface area contributed by atoms with Crippen molar-refractivity contribution in [1.82, 2.24) is 10.1 Å². The molecule has 0 atom stereocenters. The lowest BCUT2D eigenvalue weighted by Crippen LogP contribution is -2.39. The molecule has 0 saturated heterocycles. The van der Waals surface area contributed by atoms with Crippen LogP contribution in [0.4, 0.5) is 0 Å². The molecule has 0 radical (unpaired) electrons. The summed E-state index contributed by atoms with van der Waals surface area (Å²) in [5.41, 5.74) is 2.15. The molecule has 1 aromatic heterocycles. The van der Waals surface area contributed by atoms with Gasteiger partial charge in [0.05, 0.1) is 6.61 Å². The number of hydrogen-bond acceptors (Lipinski definition) is 5. The second kappa shape index (κ2) is 9.05. The first-order valence-corrected chi connectivity index (χ1v) is 8.86. The molecule has 7 heteroatoms. The Labute approximate surface area is 159 Å². The van der Waals surface area contributed by atoms with Crippen molar-refractivity contribution in [2.45, 2.75) is 40.3 Å². The molecule has 1 heterocycles. The molecule has 6 nitrogen and oxygen atoms in total. The van der Waals surface area contributed by atoms with Gasteiger partial charge < -0.3 is 18.9 Å². The maximum atomic E-state index is 12.6. The molecule has 2 rings (SSSR count). The topological polar surface area (TPSA) is 64.8 Å². The maximum absolute atomic E-state index is 12.6. The molecular formula is C19H25ClN2O4. The largest absolute Gasteiger partial charge is 0.486 e. The van der Waals surface area contributed by atoms with E-state index in [0.717, 1.165) is 16.1 Å². The zero-order valence-corrected chi connectivity index (χ0v) is 16.6. The Kier molecular flexibility index (Phi) is 7.06. The van der Waals surface area contributed by atoms with Crippen molar-refractivity contribution in [2.24, 2.45) is 0 Å². The number of amides is 1. The smallest absolute Gasteiger partial charge is 0.276 e. The van der Waals surface area contributed by atoms with Crippen LogP contribution in [0.2, 0.25) is 5.02 Å². The number of methoxy groups -OCH3 is 1. The molecule has 0 unspecified atom stereocenters. The fourth-order valence-electron chi connectivity index (χ4n) is 2.56. The molecule has 0 fully saturated rings. The fraction of sp³-hybridized carbons (Fsp3) is 0.474. The minimum absolute atomic E-state index is 0.0362. The van der Waals surface area contributed by atoms with E-state index in [1.807, 2.05) is 39.8 Å². The highest BCUT2D eigenvalue weighted by Crippen LogP contribution is 2.26. The van der Waals surface area contributed by atoms with Crippen LogP contribution in [0.1, 0.15) is 41.2 Å². The van der Waals surface area contributed by atoms with Gasteiger partial charge in [0.2, 0.25) is 0 Å². The molecule has 0 spiro atoms. The monoisotopic (exact) mass is 380 g/mol. The summed E-state index contributed by atoms with van der Waals surface area (Å²) >= 11 is 6.16. The number of aryl methyl sites for hydroxylation is 2. The predicted molar refractivity (Wildman–Crippen MR) is 99.8 cm³/mol. The number of rotatable bonds is 8. The van der Waals surface area contributed by atoms with E-state index in [4.69, 9.17) is 25.6 Å². The Bertz CT molecular complexity index is 735. The Balaban J connectivity index is 2.04. The molecule has 0 N–H and O–H groups in total. The van der Waals surface area contributed by atoms with Gasteiger partial charge in [-0.2, -0.15) is 0 Å². The van der Waals surface area contributed by atoms with Crippen molar-refractivity contribution in [3.8, 4) is 5.75 Å². The molecular weight excluding hydrogens is 356 g/mol. The summed E-state index contributed by atoms with van der Waals surface area (Å²) in [4.78, 5) is 14.3. The van der Waals surface area contributed by atoms with Crippen LogP contribution >= 0.6 is 11.6 Å². The summed E-state index contributed by atoms with van der Waals surface area (Å²) in [6, 6.07) is 5.38. The third kappa shape index (κ3) is 4.99. The summed E-state index contributed by atoms with van der Waals surface area (Å²) in [6.45, 7) is 8.89. The van der Waals surface area contributed by atoms with Crippen molar-refractivity contribution < 1.29 is 18.8 Å². The van der Waals surface area contributed by atoms with E-state index in [9.17, 15) is 4.79 Å². The van der Waals surface area contributed by atoms with E-state index < -0.39 is 0 Å². The molecule has 0 saturated carbocycles. The van der Waals surface area contributed by atoms with E-state index in [0.29, 0.717) is 24.7 Å². The van der Waals surface area contributed by atoms with Gasteiger partial charge in [-0.1, -0.05) is 16.8 Å². The lowest BCUT2D eigenvalue weighted by molar-refractivity contribution is 0.0624. The van der Waals surface area contributed by atoms with Crippen LogP contribution < -0.4 is 4.74 Å². The highest BCUT2D eigenvalue weighted by Gasteiger charge is 2.22. The van der Waals surface area contributed by atoms with Crippen LogP contribution in [0, 0.1) is 13.8 Å². The molecule has 26 heavy (non-hydrogen) atoms. The van der Waals surface area contributed by atoms with E-state index in [1.165, 1.54) is 0 Å². The number of benzene rings is 1. The third-order valence-electron chi connectivity index (χ3n) is 3.99. The standard InChI is InChI=1S/C19H25ClN2O4/c1-12(2)22(6-7-24-5)19(23)17-10-16(26-21-17)11-25-15-8-13(3)18(20)14(4)9-15/h8-10,12H,6-7,11H2,1-5H3. The summed E-state index contributed by atoms with van der Waals surface area (Å²) in [5.74, 6) is 0.983. The number of carbonyl (C=O) groups excluding carboxylic acids is 1. The predicted octanol–water partition coefficient (Wildman–Crippen LogP) is 4.02. The summed E-state index contributed by atoms with van der Waals surface area (Å²) in [7, 11) is 1.61. The average Bonchev–Trinajstić information content (AvgIpc) is 3.06. The highest BCUT2D eigenvalue weighted by molar-refractivity contribution is 6.32. The number of nitrogens with zero attached hydrogens (tertiary/aromatic N) is 2. The van der Waals surface area contributed by atoms with Gasteiger partial charge in [-0.15, -0.1) is 0 Å². The average molecular weight is 381 g/mol. The molecule has 1 aromatic carbocycles.